The summed E-state index contributed by atoms with van der Waals surface area (Å²) in [7, 11) is 0. The summed E-state index contributed by atoms with van der Waals surface area (Å²) in [5.41, 5.74) is 1.33. The van der Waals surface area contributed by atoms with E-state index >= 15 is 0 Å². The van der Waals surface area contributed by atoms with Crippen LogP contribution < -0.4 is 0 Å². The maximum absolute atomic E-state index is 12.0. The monoisotopic (exact) mass is 416 g/mol. The molecule has 0 aromatic carbocycles. The molecule has 0 saturated heterocycles. The van der Waals surface area contributed by atoms with Crippen molar-refractivity contribution in [2.24, 2.45) is 46.3 Å². The largest absolute Gasteiger partial charge is 0.434 e. The molecule has 0 unspecified atom stereocenters. The highest BCUT2D eigenvalue weighted by Gasteiger charge is 2.60. The standard InChI is InChI=1S/C27H44O3/c1-17(2)7-6-8-18(3)20-9-10-21-19-15-24(28)23-16-30-25(29)12-14-27(23,5)22(19)11-13-26(20,21)4/h16-22,24,28H,6-15H2,1-5H3/t18-,19+,20-,21+,22+,24+,26-,27-/m1/s1. The molecular weight excluding hydrogens is 372 g/mol. The topological polar surface area (TPSA) is 46.5 Å². The number of rotatable bonds is 5. The van der Waals surface area contributed by atoms with Gasteiger partial charge >= 0.3 is 5.97 Å². The molecule has 0 spiro atoms. The van der Waals surface area contributed by atoms with E-state index in [0.717, 1.165) is 42.1 Å². The smallest absolute Gasteiger partial charge is 0.310 e. The van der Waals surface area contributed by atoms with Crippen LogP contribution in [-0.2, 0) is 9.53 Å². The number of fused-ring (bicyclic) bond motifs is 5. The Bertz CT molecular complexity index is 682. The molecule has 0 amide bonds. The minimum atomic E-state index is -0.452. The number of carbonyl (C=O) groups excluding carboxylic acids is 1. The molecule has 3 heteroatoms. The lowest BCUT2D eigenvalue weighted by atomic mass is 9.46. The van der Waals surface area contributed by atoms with Crippen LogP contribution in [0.1, 0.15) is 98.8 Å². The van der Waals surface area contributed by atoms with Gasteiger partial charge in [-0.25, -0.2) is 0 Å². The van der Waals surface area contributed by atoms with Crippen LogP contribution in [0.5, 0.6) is 0 Å². The van der Waals surface area contributed by atoms with Crippen molar-refractivity contribution in [2.45, 2.75) is 105 Å². The molecule has 1 aliphatic heterocycles. The van der Waals surface area contributed by atoms with Crippen LogP contribution in [0.25, 0.3) is 0 Å². The molecule has 1 N–H and O–H groups in total. The van der Waals surface area contributed by atoms with Gasteiger partial charge in [0, 0.05) is 6.42 Å². The first kappa shape index (κ1) is 22.4. The first-order valence-electron chi connectivity index (χ1n) is 12.7. The number of carbonyl (C=O) groups is 1. The Hall–Kier alpha value is -0.830. The fraction of sp³-hybridized carbons (Fsp3) is 0.889. The molecule has 4 rings (SSSR count). The lowest BCUT2D eigenvalue weighted by molar-refractivity contribution is -0.138. The Morgan fingerprint density at radius 2 is 1.87 bits per heavy atom. The van der Waals surface area contributed by atoms with Gasteiger partial charge in [-0.3, -0.25) is 4.79 Å². The van der Waals surface area contributed by atoms with Crippen molar-refractivity contribution >= 4 is 5.97 Å². The van der Waals surface area contributed by atoms with Gasteiger partial charge in [0.15, 0.2) is 0 Å². The SMILES string of the molecule is CC(C)CCC[C@@H](C)[C@H]1CC[C@H]2[C@@H]3C[C@H](O)C4=COC(=O)CC[C@]4(C)[C@H]3CC[C@]12C. The van der Waals surface area contributed by atoms with Crippen molar-refractivity contribution in [2.75, 3.05) is 0 Å². The predicted molar refractivity (Wildman–Crippen MR) is 121 cm³/mol. The van der Waals surface area contributed by atoms with Gasteiger partial charge in [-0.2, -0.15) is 0 Å². The summed E-state index contributed by atoms with van der Waals surface area (Å²) in [5.74, 6) is 4.19. The number of hydrogen-bond acceptors (Lipinski definition) is 3. The molecule has 4 aliphatic rings. The van der Waals surface area contributed by atoms with Gasteiger partial charge in [0.05, 0.1) is 12.4 Å². The summed E-state index contributed by atoms with van der Waals surface area (Å²) in [5, 5.41) is 11.1. The number of cyclic esters (lactones) is 1. The van der Waals surface area contributed by atoms with E-state index in [4.69, 9.17) is 4.74 Å². The van der Waals surface area contributed by atoms with E-state index < -0.39 is 6.10 Å². The van der Waals surface area contributed by atoms with Crippen LogP contribution in [0.15, 0.2) is 11.8 Å². The number of hydrogen-bond donors (Lipinski definition) is 1. The molecule has 3 saturated carbocycles. The van der Waals surface area contributed by atoms with E-state index in [-0.39, 0.29) is 11.4 Å². The van der Waals surface area contributed by atoms with Crippen LogP contribution >= 0.6 is 0 Å². The van der Waals surface area contributed by atoms with E-state index in [1.807, 2.05) is 0 Å². The predicted octanol–water partition coefficient (Wildman–Crippen LogP) is 6.50. The number of aliphatic hydroxyl groups excluding tert-OH is 1. The third-order valence-electron chi connectivity index (χ3n) is 10.1. The van der Waals surface area contributed by atoms with Gasteiger partial charge in [0.2, 0.25) is 0 Å². The van der Waals surface area contributed by atoms with Gasteiger partial charge in [-0.15, -0.1) is 0 Å². The summed E-state index contributed by atoms with van der Waals surface area (Å²) in [6, 6.07) is 0. The zero-order valence-electron chi connectivity index (χ0n) is 20.0. The molecule has 0 radical (unpaired) electrons. The van der Waals surface area contributed by atoms with Crippen molar-refractivity contribution < 1.29 is 14.6 Å². The molecule has 170 valence electrons. The zero-order valence-corrected chi connectivity index (χ0v) is 20.0. The van der Waals surface area contributed by atoms with E-state index in [2.05, 4.69) is 34.6 Å². The highest BCUT2D eigenvalue weighted by atomic mass is 16.5. The van der Waals surface area contributed by atoms with Crippen molar-refractivity contribution in [1.29, 1.82) is 0 Å². The third-order valence-corrected chi connectivity index (χ3v) is 10.1. The Kier molecular flexibility index (Phi) is 6.16. The second-order valence-electron chi connectivity index (χ2n) is 12.1. The van der Waals surface area contributed by atoms with Crippen molar-refractivity contribution in [3.8, 4) is 0 Å². The second-order valence-corrected chi connectivity index (χ2v) is 12.1. The summed E-state index contributed by atoms with van der Waals surface area (Å²) >= 11 is 0. The molecule has 3 nitrogen and oxygen atoms in total. The summed E-state index contributed by atoms with van der Waals surface area (Å²) < 4.78 is 5.34. The molecule has 3 fully saturated rings. The number of ether oxygens (including phenoxy) is 1. The first-order valence-corrected chi connectivity index (χ1v) is 12.7. The molecule has 1 heterocycles. The molecule has 0 bridgehead atoms. The Labute approximate surface area is 184 Å². The third kappa shape index (κ3) is 3.67. The van der Waals surface area contributed by atoms with Crippen molar-refractivity contribution in [3.05, 3.63) is 11.8 Å². The number of esters is 1. The molecule has 3 aliphatic carbocycles. The lowest BCUT2D eigenvalue weighted by Gasteiger charge is -2.58. The zero-order chi connectivity index (χ0) is 21.7. The van der Waals surface area contributed by atoms with Crippen LogP contribution in [-0.4, -0.2) is 17.2 Å². The summed E-state index contributed by atoms with van der Waals surface area (Å²) in [6.45, 7) is 12.1. The van der Waals surface area contributed by atoms with Gasteiger partial charge < -0.3 is 9.84 Å². The van der Waals surface area contributed by atoms with Crippen LogP contribution in [0.4, 0.5) is 0 Å². The highest BCUT2D eigenvalue weighted by molar-refractivity contribution is 5.70. The Morgan fingerprint density at radius 3 is 2.60 bits per heavy atom. The average Bonchev–Trinajstić information content (AvgIpc) is 2.94. The van der Waals surface area contributed by atoms with E-state index in [9.17, 15) is 9.90 Å². The Morgan fingerprint density at radius 1 is 1.10 bits per heavy atom. The molecule has 8 atom stereocenters. The van der Waals surface area contributed by atoms with Gasteiger partial charge in [0.25, 0.3) is 0 Å². The molecule has 30 heavy (non-hydrogen) atoms. The second kappa shape index (κ2) is 8.26. The van der Waals surface area contributed by atoms with Crippen molar-refractivity contribution in [3.63, 3.8) is 0 Å². The highest BCUT2D eigenvalue weighted by Crippen LogP contribution is 2.67. The Balaban J connectivity index is 1.53. The quantitative estimate of drug-likeness (QED) is 0.520. The normalized spacial score (nSPS) is 44.4. The molecule has 0 aromatic rings. The fourth-order valence-corrected chi connectivity index (χ4v) is 8.50. The summed E-state index contributed by atoms with van der Waals surface area (Å²) in [4.78, 5) is 12.0. The van der Waals surface area contributed by atoms with Gasteiger partial charge in [-0.05, 0) is 90.4 Å². The van der Waals surface area contributed by atoms with Crippen LogP contribution in [0, 0.1) is 46.3 Å². The van der Waals surface area contributed by atoms with Crippen molar-refractivity contribution in [1.82, 2.24) is 0 Å². The van der Waals surface area contributed by atoms with E-state index in [0.29, 0.717) is 23.7 Å². The summed E-state index contributed by atoms with van der Waals surface area (Å²) in [6.07, 6.45) is 12.7. The minimum Gasteiger partial charge on any atom is -0.434 e. The number of aliphatic hydroxyl groups is 1. The molecular formula is C27H44O3. The fourth-order valence-electron chi connectivity index (χ4n) is 8.50. The maximum atomic E-state index is 12.0. The first-order chi connectivity index (χ1) is 14.2. The molecule has 0 aromatic heterocycles. The van der Waals surface area contributed by atoms with Crippen LogP contribution in [0.2, 0.25) is 0 Å². The van der Waals surface area contributed by atoms with E-state index in [1.165, 1.54) is 44.9 Å². The van der Waals surface area contributed by atoms with E-state index in [1.54, 1.807) is 6.26 Å². The maximum Gasteiger partial charge on any atom is 0.310 e. The van der Waals surface area contributed by atoms with Gasteiger partial charge in [0.1, 0.15) is 0 Å². The lowest BCUT2D eigenvalue weighted by Crippen LogP contribution is -2.53. The van der Waals surface area contributed by atoms with Gasteiger partial charge in [-0.1, -0.05) is 53.9 Å². The van der Waals surface area contributed by atoms with Crippen LogP contribution in [0.3, 0.4) is 0 Å². The average molecular weight is 417 g/mol. The minimum absolute atomic E-state index is 0.0865.